The minimum Gasteiger partial charge on any atom is -0.382 e. The maximum Gasteiger partial charge on any atom is 0.0907 e. The number of rotatable bonds is 3. The van der Waals surface area contributed by atoms with Crippen LogP contribution in [0.15, 0.2) is 30.6 Å². The quantitative estimate of drug-likeness (QED) is 0.908. The van der Waals surface area contributed by atoms with E-state index in [1.54, 1.807) is 12.4 Å². The van der Waals surface area contributed by atoms with E-state index in [1.165, 1.54) is 44.3 Å². The third-order valence-corrected chi connectivity index (χ3v) is 5.01. The van der Waals surface area contributed by atoms with Gasteiger partial charge >= 0.3 is 0 Å². The second kappa shape index (κ2) is 5.60. The predicted molar refractivity (Wildman–Crippen MR) is 85.3 cm³/mol. The third-order valence-electron chi connectivity index (χ3n) is 5.01. The van der Waals surface area contributed by atoms with Gasteiger partial charge in [-0.1, -0.05) is 6.42 Å². The summed E-state index contributed by atoms with van der Waals surface area (Å²) in [5, 5.41) is 7.43. The number of hydrogen-bond acceptors (Lipinski definition) is 4. The Labute approximate surface area is 125 Å². The van der Waals surface area contributed by atoms with Gasteiger partial charge in [0.15, 0.2) is 0 Å². The van der Waals surface area contributed by atoms with E-state index in [9.17, 15) is 0 Å². The van der Waals surface area contributed by atoms with E-state index in [-0.39, 0.29) is 0 Å². The Bertz CT molecular complexity index is 621. The van der Waals surface area contributed by atoms with Gasteiger partial charge in [-0.05, 0) is 56.3 Å². The van der Waals surface area contributed by atoms with E-state index >= 15 is 0 Å². The van der Waals surface area contributed by atoms with Crippen LogP contribution in [0.5, 0.6) is 0 Å². The number of aromatic nitrogens is 2. The Morgan fingerprint density at radius 2 is 1.90 bits per heavy atom. The molecule has 1 aromatic heterocycles. The molecule has 2 N–H and O–H groups in total. The van der Waals surface area contributed by atoms with Gasteiger partial charge in [0.25, 0.3) is 0 Å². The minimum atomic E-state index is 0.592. The fourth-order valence-electron chi connectivity index (χ4n) is 3.99. The van der Waals surface area contributed by atoms with Gasteiger partial charge in [0, 0.05) is 30.2 Å². The molecule has 1 aromatic carbocycles. The second-order valence-electron chi connectivity index (χ2n) is 6.31. The molecule has 0 amide bonds. The summed E-state index contributed by atoms with van der Waals surface area (Å²) >= 11 is 0. The molecule has 1 saturated carbocycles. The van der Waals surface area contributed by atoms with Gasteiger partial charge in [0.1, 0.15) is 0 Å². The van der Waals surface area contributed by atoms with Crippen molar-refractivity contribution in [1.29, 1.82) is 0 Å². The van der Waals surface area contributed by atoms with Crippen molar-refractivity contribution in [2.75, 3.05) is 11.9 Å². The highest BCUT2D eigenvalue weighted by atomic mass is 15.0. The summed E-state index contributed by atoms with van der Waals surface area (Å²) in [7, 11) is 0. The number of nitrogens with zero attached hydrogens (tertiary/aromatic N) is 2. The Hall–Kier alpha value is -1.68. The molecule has 2 fully saturated rings. The van der Waals surface area contributed by atoms with Crippen LogP contribution in [0, 0.1) is 5.92 Å². The average Bonchev–Trinajstić information content (AvgIpc) is 3.18. The second-order valence-corrected chi connectivity index (χ2v) is 6.31. The summed E-state index contributed by atoms with van der Waals surface area (Å²) < 4.78 is 0. The Morgan fingerprint density at radius 3 is 2.76 bits per heavy atom. The topological polar surface area (TPSA) is 49.8 Å². The summed E-state index contributed by atoms with van der Waals surface area (Å²) in [6, 6.07) is 7.62. The van der Waals surface area contributed by atoms with E-state index in [2.05, 4.69) is 38.8 Å². The molecule has 0 spiro atoms. The van der Waals surface area contributed by atoms with Crippen molar-refractivity contribution in [2.45, 2.75) is 44.2 Å². The van der Waals surface area contributed by atoms with E-state index in [1.807, 2.05) is 0 Å². The maximum absolute atomic E-state index is 4.40. The first-order valence-corrected chi connectivity index (χ1v) is 8.11. The lowest BCUT2D eigenvalue weighted by Crippen LogP contribution is -2.38. The Balaban J connectivity index is 1.53. The van der Waals surface area contributed by atoms with Crippen LogP contribution < -0.4 is 10.6 Å². The molecule has 4 heteroatoms. The van der Waals surface area contributed by atoms with Crippen molar-refractivity contribution < 1.29 is 0 Å². The molecule has 3 unspecified atom stereocenters. The maximum atomic E-state index is 4.40. The SMILES string of the molecule is c1cnc2cc(NC3CCCC3C3CCCN3)ccc2n1. The zero-order valence-electron chi connectivity index (χ0n) is 12.3. The van der Waals surface area contributed by atoms with Crippen molar-refractivity contribution in [3.63, 3.8) is 0 Å². The molecule has 1 aliphatic heterocycles. The van der Waals surface area contributed by atoms with Crippen molar-refractivity contribution in [3.05, 3.63) is 30.6 Å². The lowest BCUT2D eigenvalue weighted by molar-refractivity contribution is 0.376. The van der Waals surface area contributed by atoms with Crippen LogP contribution in [0.1, 0.15) is 32.1 Å². The molecule has 1 saturated heterocycles. The van der Waals surface area contributed by atoms with Crippen LogP contribution >= 0.6 is 0 Å². The number of benzene rings is 1. The fraction of sp³-hybridized carbons (Fsp3) is 0.529. The minimum absolute atomic E-state index is 0.592. The molecule has 0 radical (unpaired) electrons. The molecule has 2 aromatic rings. The average molecular weight is 282 g/mol. The van der Waals surface area contributed by atoms with Crippen LogP contribution in [0.3, 0.4) is 0 Å². The number of hydrogen-bond donors (Lipinski definition) is 2. The van der Waals surface area contributed by atoms with Gasteiger partial charge in [0.2, 0.25) is 0 Å². The first-order valence-electron chi connectivity index (χ1n) is 8.11. The van der Waals surface area contributed by atoms with Gasteiger partial charge in [-0.15, -0.1) is 0 Å². The predicted octanol–water partition coefficient (Wildman–Crippen LogP) is 2.96. The molecular weight excluding hydrogens is 260 g/mol. The van der Waals surface area contributed by atoms with Gasteiger partial charge in [-0.3, -0.25) is 9.97 Å². The van der Waals surface area contributed by atoms with Crippen molar-refractivity contribution in [2.24, 2.45) is 5.92 Å². The highest BCUT2D eigenvalue weighted by Gasteiger charge is 2.34. The smallest absolute Gasteiger partial charge is 0.0907 e. The summed E-state index contributed by atoms with van der Waals surface area (Å²) in [4.78, 5) is 8.73. The van der Waals surface area contributed by atoms with E-state index in [0.29, 0.717) is 12.1 Å². The molecule has 2 aliphatic rings. The van der Waals surface area contributed by atoms with Crippen LogP contribution in [0.25, 0.3) is 11.0 Å². The monoisotopic (exact) mass is 282 g/mol. The summed E-state index contributed by atoms with van der Waals surface area (Å²) in [6.07, 6.45) is 10.1. The first-order chi connectivity index (χ1) is 10.4. The van der Waals surface area contributed by atoms with Crippen molar-refractivity contribution in [1.82, 2.24) is 15.3 Å². The van der Waals surface area contributed by atoms with E-state index < -0.39 is 0 Å². The van der Waals surface area contributed by atoms with E-state index in [4.69, 9.17) is 0 Å². The van der Waals surface area contributed by atoms with E-state index in [0.717, 1.165) is 17.0 Å². The van der Waals surface area contributed by atoms with Crippen molar-refractivity contribution >= 4 is 16.7 Å². The largest absolute Gasteiger partial charge is 0.382 e. The normalized spacial score (nSPS) is 29.0. The van der Waals surface area contributed by atoms with Crippen LogP contribution in [-0.4, -0.2) is 28.6 Å². The van der Waals surface area contributed by atoms with Gasteiger partial charge in [-0.25, -0.2) is 0 Å². The molecule has 1 aliphatic carbocycles. The number of fused-ring (bicyclic) bond motifs is 1. The highest BCUT2D eigenvalue weighted by molar-refractivity contribution is 5.78. The highest BCUT2D eigenvalue weighted by Crippen LogP contribution is 2.34. The Morgan fingerprint density at radius 1 is 1.00 bits per heavy atom. The standard InChI is InChI=1S/C17H22N4/c1-3-13(14-5-2-8-18-14)15(4-1)21-12-6-7-16-17(11-12)20-10-9-19-16/h6-7,9-11,13-15,18,21H,1-5,8H2. The summed E-state index contributed by atoms with van der Waals surface area (Å²) in [5.41, 5.74) is 3.11. The third kappa shape index (κ3) is 2.60. The van der Waals surface area contributed by atoms with Gasteiger partial charge in [-0.2, -0.15) is 0 Å². The van der Waals surface area contributed by atoms with Crippen LogP contribution in [0.4, 0.5) is 5.69 Å². The summed E-state index contributed by atoms with van der Waals surface area (Å²) in [5.74, 6) is 0.769. The molecule has 21 heavy (non-hydrogen) atoms. The number of nitrogens with one attached hydrogen (secondary N) is 2. The molecule has 0 bridgehead atoms. The zero-order chi connectivity index (χ0) is 14.1. The number of anilines is 1. The molecule has 110 valence electrons. The van der Waals surface area contributed by atoms with Crippen LogP contribution in [-0.2, 0) is 0 Å². The Kier molecular flexibility index (Phi) is 3.47. The van der Waals surface area contributed by atoms with Crippen molar-refractivity contribution in [3.8, 4) is 0 Å². The zero-order valence-corrected chi connectivity index (χ0v) is 12.3. The molecule has 4 rings (SSSR count). The first kappa shape index (κ1) is 13.0. The lowest BCUT2D eigenvalue weighted by atomic mass is 9.93. The fourth-order valence-corrected chi connectivity index (χ4v) is 3.99. The molecular formula is C17H22N4. The summed E-state index contributed by atoms with van der Waals surface area (Å²) in [6.45, 7) is 1.19. The van der Waals surface area contributed by atoms with Gasteiger partial charge < -0.3 is 10.6 Å². The lowest BCUT2D eigenvalue weighted by Gasteiger charge is -2.27. The van der Waals surface area contributed by atoms with Gasteiger partial charge in [0.05, 0.1) is 11.0 Å². The van der Waals surface area contributed by atoms with Crippen LogP contribution in [0.2, 0.25) is 0 Å². The molecule has 3 atom stereocenters. The molecule has 2 heterocycles. The molecule has 4 nitrogen and oxygen atoms in total.